The number of benzene rings is 1. The highest BCUT2D eigenvalue weighted by Crippen LogP contribution is 2.36. The quantitative estimate of drug-likeness (QED) is 0.849. The maximum absolute atomic E-state index is 12.5. The second-order valence-electron chi connectivity index (χ2n) is 5.94. The lowest BCUT2D eigenvalue weighted by Gasteiger charge is -2.34. The molecule has 4 heteroatoms. The zero-order valence-corrected chi connectivity index (χ0v) is 12.1. The van der Waals surface area contributed by atoms with Crippen LogP contribution in [0.5, 0.6) is 0 Å². The molecule has 1 aromatic rings. The number of nitrogens with zero attached hydrogens (tertiary/aromatic N) is 2. The van der Waals surface area contributed by atoms with Crippen molar-refractivity contribution in [3.63, 3.8) is 0 Å². The Labute approximate surface area is 119 Å². The number of likely N-dealkylation sites (tertiary alicyclic amines) is 1. The van der Waals surface area contributed by atoms with Crippen molar-refractivity contribution >= 4 is 23.2 Å². The third kappa shape index (κ3) is 2.26. The van der Waals surface area contributed by atoms with Gasteiger partial charge in [-0.3, -0.25) is 9.69 Å². The van der Waals surface area contributed by atoms with E-state index in [-0.39, 0.29) is 11.9 Å². The molecule has 102 valence electrons. The number of hydrogen-bond acceptors (Lipinski definition) is 2. The zero-order valence-electron chi connectivity index (χ0n) is 11.3. The fraction of sp³-hybridized carbons (Fsp3) is 0.533. The average Bonchev–Trinajstić information content (AvgIpc) is 2.85. The number of amides is 1. The van der Waals surface area contributed by atoms with Crippen molar-refractivity contribution in [1.82, 2.24) is 4.90 Å². The van der Waals surface area contributed by atoms with E-state index in [2.05, 4.69) is 18.7 Å². The maximum atomic E-state index is 12.5. The first-order chi connectivity index (χ1) is 9.06. The topological polar surface area (TPSA) is 23.6 Å². The summed E-state index contributed by atoms with van der Waals surface area (Å²) >= 11 is 6.02. The molecule has 0 unspecified atom stereocenters. The number of hydrogen-bond donors (Lipinski definition) is 0. The van der Waals surface area contributed by atoms with Crippen LogP contribution in [0.3, 0.4) is 0 Å². The molecule has 1 aromatic carbocycles. The molecule has 0 spiro atoms. The van der Waals surface area contributed by atoms with Crippen molar-refractivity contribution in [2.24, 2.45) is 5.92 Å². The predicted molar refractivity (Wildman–Crippen MR) is 77.5 cm³/mol. The van der Waals surface area contributed by atoms with E-state index >= 15 is 0 Å². The minimum atomic E-state index is 0.0754. The van der Waals surface area contributed by atoms with Crippen molar-refractivity contribution in [2.45, 2.75) is 32.4 Å². The molecule has 0 radical (unpaired) electrons. The molecule has 2 atom stereocenters. The summed E-state index contributed by atoms with van der Waals surface area (Å²) in [7, 11) is 0. The standard InChI is InChI=1S/C15H19ClN2O/c1-10(2)8-17-9-13-7-14(17)15(19)18(13)12-5-3-4-11(16)6-12/h3-6,10,13-14H,7-9H2,1-2H3/t13-,14-/m0/s1. The Morgan fingerprint density at radius 2 is 2.21 bits per heavy atom. The lowest BCUT2D eigenvalue weighted by atomic mass is 10.1. The molecule has 0 aromatic heterocycles. The second-order valence-corrected chi connectivity index (χ2v) is 6.38. The van der Waals surface area contributed by atoms with Gasteiger partial charge in [-0.05, 0) is 30.5 Å². The van der Waals surface area contributed by atoms with Crippen LogP contribution in [0.4, 0.5) is 5.69 Å². The van der Waals surface area contributed by atoms with Crippen molar-refractivity contribution in [3.05, 3.63) is 29.3 Å². The summed E-state index contributed by atoms with van der Waals surface area (Å²) in [6.07, 6.45) is 0.956. The molecule has 19 heavy (non-hydrogen) atoms. The lowest BCUT2D eigenvalue weighted by molar-refractivity contribution is -0.122. The van der Waals surface area contributed by atoms with Gasteiger partial charge in [-0.15, -0.1) is 0 Å². The number of anilines is 1. The smallest absolute Gasteiger partial charge is 0.244 e. The monoisotopic (exact) mass is 278 g/mol. The van der Waals surface area contributed by atoms with E-state index in [1.165, 1.54) is 0 Å². The Bertz CT molecular complexity index is 503. The highest BCUT2D eigenvalue weighted by Gasteiger charge is 2.49. The fourth-order valence-electron chi connectivity index (χ4n) is 3.30. The molecule has 2 aliphatic heterocycles. The first-order valence-electron chi connectivity index (χ1n) is 6.89. The first-order valence-corrected chi connectivity index (χ1v) is 7.26. The van der Waals surface area contributed by atoms with Gasteiger partial charge in [-0.25, -0.2) is 0 Å². The van der Waals surface area contributed by atoms with Crippen LogP contribution >= 0.6 is 11.6 Å². The van der Waals surface area contributed by atoms with Gasteiger partial charge >= 0.3 is 0 Å². The number of fused-ring (bicyclic) bond motifs is 2. The minimum Gasteiger partial charge on any atom is -0.307 e. The van der Waals surface area contributed by atoms with E-state index in [1.807, 2.05) is 29.2 Å². The molecule has 2 bridgehead atoms. The normalized spacial score (nSPS) is 26.7. The summed E-state index contributed by atoms with van der Waals surface area (Å²) in [4.78, 5) is 16.8. The van der Waals surface area contributed by atoms with E-state index in [4.69, 9.17) is 11.6 Å². The average molecular weight is 279 g/mol. The molecule has 3 rings (SSSR count). The highest BCUT2D eigenvalue weighted by molar-refractivity contribution is 6.31. The second kappa shape index (κ2) is 4.80. The van der Waals surface area contributed by atoms with Gasteiger partial charge < -0.3 is 4.90 Å². The van der Waals surface area contributed by atoms with Crippen LogP contribution in [0.15, 0.2) is 24.3 Å². The number of halogens is 1. The van der Waals surface area contributed by atoms with Crippen molar-refractivity contribution < 1.29 is 4.79 Å². The zero-order chi connectivity index (χ0) is 13.6. The number of carbonyl (C=O) groups excluding carboxylic acids is 1. The SMILES string of the molecule is CC(C)CN1C[C@@H]2C[C@H]1C(=O)N2c1cccc(Cl)c1. The molecule has 0 saturated carbocycles. The third-order valence-corrected chi connectivity index (χ3v) is 4.19. The Hall–Kier alpha value is -1.06. The van der Waals surface area contributed by atoms with Gasteiger partial charge in [0.05, 0.1) is 12.1 Å². The van der Waals surface area contributed by atoms with Gasteiger partial charge in [0.1, 0.15) is 0 Å². The fourth-order valence-corrected chi connectivity index (χ4v) is 3.48. The predicted octanol–water partition coefficient (Wildman–Crippen LogP) is 2.79. The molecule has 0 N–H and O–H groups in total. The van der Waals surface area contributed by atoms with Crippen molar-refractivity contribution in [3.8, 4) is 0 Å². The summed E-state index contributed by atoms with van der Waals surface area (Å²) in [5.74, 6) is 0.839. The van der Waals surface area contributed by atoms with E-state index < -0.39 is 0 Å². The molecule has 0 aliphatic carbocycles. The summed E-state index contributed by atoms with van der Waals surface area (Å²) in [6, 6.07) is 7.99. The van der Waals surface area contributed by atoms with Gasteiger partial charge in [0.2, 0.25) is 5.91 Å². The largest absolute Gasteiger partial charge is 0.307 e. The first kappa shape index (κ1) is 12.9. The molecular weight excluding hydrogens is 260 g/mol. The number of rotatable bonds is 3. The molecule has 2 heterocycles. The molecule has 3 nitrogen and oxygen atoms in total. The van der Waals surface area contributed by atoms with Crippen LogP contribution in [0.2, 0.25) is 5.02 Å². The van der Waals surface area contributed by atoms with Crippen LogP contribution in [0, 0.1) is 5.92 Å². The molecule has 2 fully saturated rings. The van der Waals surface area contributed by atoms with Gasteiger partial charge in [0.25, 0.3) is 0 Å². The summed E-state index contributed by atoms with van der Waals surface area (Å²) < 4.78 is 0. The third-order valence-electron chi connectivity index (χ3n) is 3.96. The van der Waals surface area contributed by atoms with Crippen molar-refractivity contribution in [2.75, 3.05) is 18.0 Å². The number of carbonyl (C=O) groups is 1. The van der Waals surface area contributed by atoms with E-state index in [1.54, 1.807) is 0 Å². The molecule has 2 aliphatic rings. The molecule has 2 saturated heterocycles. The van der Waals surface area contributed by atoms with Gasteiger partial charge in [-0.1, -0.05) is 31.5 Å². The highest BCUT2D eigenvalue weighted by atomic mass is 35.5. The summed E-state index contributed by atoms with van der Waals surface area (Å²) in [6.45, 7) is 6.40. The molecule has 1 amide bonds. The van der Waals surface area contributed by atoms with Gasteiger partial charge in [0, 0.05) is 23.8 Å². The van der Waals surface area contributed by atoms with Crippen molar-refractivity contribution in [1.29, 1.82) is 0 Å². The Balaban J connectivity index is 1.80. The lowest BCUT2D eigenvalue weighted by Crippen LogP contribution is -2.51. The van der Waals surface area contributed by atoms with Crippen LogP contribution in [-0.2, 0) is 4.79 Å². The van der Waals surface area contributed by atoms with E-state index in [9.17, 15) is 4.79 Å². The van der Waals surface area contributed by atoms with Crippen LogP contribution in [-0.4, -0.2) is 36.0 Å². The van der Waals surface area contributed by atoms with E-state index in [0.717, 1.165) is 25.2 Å². The molecular formula is C15H19ClN2O. The minimum absolute atomic E-state index is 0.0754. The van der Waals surface area contributed by atoms with E-state index in [0.29, 0.717) is 17.0 Å². The van der Waals surface area contributed by atoms with Gasteiger partial charge in [-0.2, -0.15) is 0 Å². The van der Waals surface area contributed by atoms with Gasteiger partial charge in [0.15, 0.2) is 0 Å². The summed E-state index contributed by atoms with van der Waals surface area (Å²) in [5, 5.41) is 0.687. The number of piperazine rings is 1. The van der Waals surface area contributed by atoms with Crippen LogP contribution < -0.4 is 4.90 Å². The van der Waals surface area contributed by atoms with Crippen LogP contribution in [0.25, 0.3) is 0 Å². The Morgan fingerprint density at radius 3 is 2.84 bits per heavy atom. The maximum Gasteiger partial charge on any atom is 0.244 e. The Morgan fingerprint density at radius 1 is 1.42 bits per heavy atom. The summed E-state index contributed by atoms with van der Waals surface area (Å²) in [5.41, 5.74) is 0.939. The van der Waals surface area contributed by atoms with Crippen LogP contribution in [0.1, 0.15) is 20.3 Å². The Kier molecular flexibility index (Phi) is 3.27.